The molecule has 1 fully saturated rings. The predicted molar refractivity (Wildman–Crippen MR) is 87.8 cm³/mol. The average molecular weight is 366 g/mol. The molecule has 1 saturated heterocycles. The summed E-state index contributed by atoms with van der Waals surface area (Å²) in [5, 5.41) is 2.29. The van der Waals surface area contributed by atoms with Crippen LogP contribution in [0.3, 0.4) is 0 Å². The number of halogens is 3. The Balaban J connectivity index is 2.45. The van der Waals surface area contributed by atoms with Gasteiger partial charge in [0.1, 0.15) is 11.9 Å². The number of benzene rings is 1. The van der Waals surface area contributed by atoms with Crippen LogP contribution < -0.4 is 9.64 Å². The number of alkyl halides is 2. The molecule has 2 atom stereocenters. The zero-order valence-corrected chi connectivity index (χ0v) is 14.1. The first-order valence-corrected chi connectivity index (χ1v) is 7.71. The summed E-state index contributed by atoms with van der Waals surface area (Å²) in [6, 6.07) is 5.76. The second kappa shape index (κ2) is 6.95. The Morgan fingerprint density at radius 3 is 2.41 bits per heavy atom. The summed E-state index contributed by atoms with van der Waals surface area (Å²) in [5.41, 5.74) is 0.485. The fourth-order valence-electron chi connectivity index (χ4n) is 2.27. The van der Waals surface area contributed by atoms with E-state index in [-0.39, 0.29) is 11.1 Å². The van der Waals surface area contributed by atoms with Crippen molar-refractivity contribution in [1.29, 1.82) is 0 Å². The molecule has 0 saturated carbocycles. The van der Waals surface area contributed by atoms with Crippen LogP contribution in [0.1, 0.15) is 6.92 Å². The molecule has 2 rings (SSSR count). The summed E-state index contributed by atoms with van der Waals surface area (Å²) in [4.78, 5) is 12.3. The maximum Gasteiger partial charge on any atom is 0.369 e. The van der Waals surface area contributed by atoms with Crippen molar-refractivity contribution in [1.82, 2.24) is 10.2 Å². The van der Waals surface area contributed by atoms with E-state index in [2.05, 4.69) is 0 Å². The minimum atomic E-state index is -1.24. The molecule has 120 valence electrons. The van der Waals surface area contributed by atoms with Crippen LogP contribution in [0.15, 0.2) is 24.3 Å². The molecule has 0 spiro atoms. The average Bonchev–Trinajstić information content (AvgIpc) is 2.79. The van der Waals surface area contributed by atoms with E-state index >= 15 is 0 Å². The van der Waals surface area contributed by atoms with Gasteiger partial charge >= 0.3 is 6.03 Å². The Hall–Kier alpha value is -1.15. The van der Waals surface area contributed by atoms with E-state index in [1.807, 2.05) is 0 Å². The molecular weight excluding hydrogens is 352 g/mol. The Bertz CT molecular complexity index is 561. The maximum absolute atomic E-state index is 14.2. The highest BCUT2D eigenvalue weighted by Crippen LogP contribution is 2.36. The molecule has 1 heterocycles. The van der Waals surface area contributed by atoms with Gasteiger partial charge in [-0.25, -0.2) is 4.79 Å². The molecule has 0 N–H and O–H groups in total. The number of hydrazine groups is 1. The van der Waals surface area contributed by atoms with Crippen molar-refractivity contribution < 1.29 is 14.0 Å². The van der Waals surface area contributed by atoms with Gasteiger partial charge in [-0.15, -0.1) is 5.01 Å². The van der Waals surface area contributed by atoms with E-state index in [1.54, 1.807) is 31.2 Å². The number of carbonyl (C=O) groups is 1. The first-order valence-electron chi connectivity index (χ1n) is 6.37. The lowest BCUT2D eigenvalue weighted by atomic mass is 10.1. The van der Waals surface area contributed by atoms with Gasteiger partial charge in [0.25, 0.3) is 0 Å². The van der Waals surface area contributed by atoms with Gasteiger partial charge in [-0.3, -0.25) is 4.90 Å². The van der Waals surface area contributed by atoms with Crippen molar-refractivity contribution in [2.24, 2.45) is 5.92 Å². The molecule has 2 unspecified atom stereocenters. The molecule has 9 heteroatoms. The Kier molecular flexibility index (Phi) is 5.44. The number of nitrogens with zero attached hydrogens (tertiary/aromatic N) is 3. The summed E-state index contributed by atoms with van der Waals surface area (Å²) < 4.78 is 19.3. The van der Waals surface area contributed by atoms with Crippen molar-refractivity contribution in [2.75, 3.05) is 12.0 Å². The standard InChI is InChI=1S/C13H14Cl2FN3O2S/c1-8(7-22)11-17(9-3-5-10(21-2)6-4-9)13(20)19(16)18(11)12(14)15/h3-8,11-12H,1-2H3. The lowest BCUT2D eigenvalue weighted by Crippen LogP contribution is -2.47. The quantitative estimate of drug-likeness (QED) is 0.344. The first kappa shape index (κ1) is 17.2. The summed E-state index contributed by atoms with van der Waals surface area (Å²) in [5.74, 6) is 0.276. The number of amides is 2. The van der Waals surface area contributed by atoms with Crippen LogP contribution in [0.4, 0.5) is 15.0 Å². The van der Waals surface area contributed by atoms with Gasteiger partial charge in [0.15, 0.2) is 4.96 Å². The molecule has 1 aromatic rings. The zero-order chi connectivity index (χ0) is 16.4. The summed E-state index contributed by atoms with van der Waals surface area (Å²) in [7, 11) is 1.53. The molecule has 1 aromatic carbocycles. The van der Waals surface area contributed by atoms with E-state index in [0.29, 0.717) is 11.4 Å². The zero-order valence-electron chi connectivity index (χ0n) is 11.8. The molecule has 0 aliphatic carbocycles. The highest BCUT2D eigenvalue weighted by molar-refractivity contribution is 7.79. The van der Waals surface area contributed by atoms with E-state index in [1.165, 1.54) is 17.4 Å². The molecule has 5 nitrogen and oxygen atoms in total. The molecular formula is C13H14Cl2FN3O2S. The van der Waals surface area contributed by atoms with Crippen LogP contribution in [-0.4, -0.2) is 39.9 Å². The topological polar surface area (TPSA) is 36.0 Å². The van der Waals surface area contributed by atoms with Crippen molar-refractivity contribution in [3.63, 3.8) is 0 Å². The summed E-state index contributed by atoms with van der Waals surface area (Å²) in [6.45, 7) is 1.75. The third-order valence-electron chi connectivity index (χ3n) is 3.34. The smallest absolute Gasteiger partial charge is 0.369 e. The molecule has 1 aliphatic heterocycles. The van der Waals surface area contributed by atoms with Gasteiger partial charge in [0.2, 0.25) is 0 Å². The maximum atomic E-state index is 14.2. The number of hydrogen-bond donors (Lipinski definition) is 0. The Labute approximate surface area is 143 Å². The molecule has 1 aliphatic rings. The van der Waals surface area contributed by atoms with E-state index in [0.717, 1.165) is 5.01 Å². The van der Waals surface area contributed by atoms with Gasteiger partial charge in [0.05, 0.1) is 7.11 Å². The van der Waals surface area contributed by atoms with Gasteiger partial charge in [0, 0.05) is 11.6 Å². The largest absolute Gasteiger partial charge is 0.497 e. The van der Waals surface area contributed by atoms with Crippen LogP contribution >= 0.6 is 35.4 Å². The SMILES string of the molecule is COc1ccc(N2C(=O)N(F)N(C(Cl)Cl)C2C(C)C=S)cc1. The first-order chi connectivity index (χ1) is 10.4. The molecule has 0 radical (unpaired) electrons. The number of carbonyl (C=O) groups excluding carboxylic acids is 1. The van der Waals surface area contributed by atoms with E-state index in [9.17, 15) is 9.28 Å². The molecule has 22 heavy (non-hydrogen) atoms. The summed E-state index contributed by atoms with van der Waals surface area (Å²) >= 11 is 16.5. The number of methoxy groups -OCH3 is 1. The third-order valence-corrected chi connectivity index (χ3v) is 4.17. The Morgan fingerprint density at radius 1 is 1.36 bits per heavy atom. The number of anilines is 1. The number of thiocarbonyl (C=S) groups is 1. The van der Waals surface area contributed by atoms with Crippen LogP contribution in [0, 0.1) is 5.92 Å². The number of urea groups is 1. The lowest BCUT2D eigenvalue weighted by Gasteiger charge is -2.31. The minimum Gasteiger partial charge on any atom is -0.497 e. The summed E-state index contributed by atoms with van der Waals surface area (Å²) in [6.07, 6.45) is -0.761. The fraction of sp³-hybridized carbons (Fsp3) is 0.385. The van der Waals surface area contributed by atoms with Gasteiger partial charge < -0.3 is 4.74 Å². The monoisotopic (exact) mass is 365 g/mol. The van der Waals surface area contributed by atoms with Gasteiger partial charge in [-0.05, 0) is 29.6 Å². The number of hydrogen-bond acceptors (Lipinski definition) is 4. The Morgan fingerprint density at radius 2 is 1.95 bits per heavy atom. The van der Waals surface area contributed by atoms with E-state index < -0.39 is 17.2 Å². The number of ether oxygens (including phenoxy) is 1. The lowest BCUT2D eigenvalue weighted by molar-refractivity contribution is -0.115. The van der Waals surface area contributed by atoms with Crippen molar-refractivity contribution >= 4 is 52.5 Å². The van der Waals surface area contributed by atoms with Crippen LogP contribution in [0.5, 0.6) is 5.75 Å². The predicted octanol–water partition coefficient (Wildman–Crippen LogP) is 3.76. The molecule has 0 aromatic heterocycles. The van der Waals surface area contributed by atoms with E-state index in [4.69, 9.17) is 40.2 Å². The van der Waals surface area contributed by atoms with Crippen LogP contribution in [0.25, 0.3) is 0 Å². The van der Waals surface area contributed by atoms with Gasteiger partial charge in [-0.2, -0.15) is 0 Å². The fourth-order valence-corrected chi connectivity index (χ4v) is 2.79. The van der Waals surface area contributed by atoms with Crippen LogP contribution in [-0.2, 0) is 0 Å². The van der Waals surface area contributed by atoms with Crippen molar-refractivity contribution in [3.05, 3.63) is 24.3 Å². The van der Waals surface area contributed by atoms with Gasteiger partial charge in [-0.1, -0.05) is 52.1 Å². The minimum absolute atomic E-state index is 0.0884. The normalized spacial score (nSPS) is 20.6. The highest BCUT2D eigenvalue weighted by Gasteiger charge is 2.50. The third kappa shape index (κ3) is 2.99. The van der Waals surface area contributed by atoms with Crippen molar-refractivity contribution in [2.45, 2.75) is 18.0 Å². The highest BCUT2D eigenvalue weighted by atomic mass is 35.5. The number of rotatable bonds is 5. The van der Waals surface area contributed by atoms with Crippen LogP contribution in [0.2, 0.25) is 0 Å². The molecule has 2 amide bonds. The molecule has 0 bridgehead atoms. The second-order valence-corrected chi connectivity index (χ2v) is 6.00. The van der Waals surface area contributed by atoms with Crippen molar-refractivity contribution in [3.8, 4) is 5.75 Å². The second-order valence-electron chi connectivity index (χ2n) is 4.68.